The average Bonchev–Trinajstić information content (AvgIpc) is 2.36. The van der Waals surface area contributed by atoms with Crippen molar-refractivity contribution < 1.29 is 4.39 Å². The van der Waals surface area contributed by atoms with Gasteiger partial charge in [-0.3, -0.25) is 0 Å². The van der Waals surface area contributed by atoms with Crippen LogP contribution in [0.5, 0.6) is 0 Å². The van der Waals surface area contributed by atoms with Gasteiger partial charge in [-0.1, -0.05) is 47.5 Å². The molecule has 4 heteroatoms. The highest BCUT2D eigenvalue weighted by molar-refractivity contribution is 6.31. The lowest BCUT2D eigenvalue weighted by Gasteiger charge is -2.15. The number of hydrogen-bond acceptors (Lipinski definition) is 1. The summed E-state index contributed by atoms with van der Waals surface area (Å²) in [4.78, 5) is 0. The lowest BCUT2D eigenvalue weighted by Crippen LogP contribution is -2.15. The molecule has 1 unspecified atom stereocenters. The second-order valence-corrected chi connectivity index (χ2v) is 5.36. The fourth-order valence-electron chi connectivity index (χ4n) is 1.97. The van der Waals surface area contributed by atoms with Crippen LogP contribution >= 0.6 is 23.2 Å². The van der Waals surface area contributed by atoms with Crippen LogP contribution in [0.3, 0.4) is 0 Å². The molecule has 0 saturated carbocycles. The van der Waals surface area contributed by atoms with E-state index in [4.69, 9.17) is 28.9 Å². The third-order valence-electron chi connectivity index (χ3n) is 3.03. The number of hydrogen-bond donors (Lipinski definition) is 1. The topological polar surface area (TPSA) is 26.0 Å². The number of halogens is 3. The third-order valence-corrected chi connectivity index (χ3v) is 3.67. The first-order chi connectivity index (χ1) is 8.99. The van der Waals surface area contributed by atoms with E-state index in [2.05, 4.69) is 0 Å². The highest BCUT2D eigenvalue weighted by atomic mass is 35.5. The summed E-state index contributed by atoms with van der Waals surface area (Å²) < 4.78 is 13.9. The summed E-state index contributed by atoms with van der Waals surface area (Å²) in [5.74, 6) is -0.458. The third kappa shape index (κ3) is 3.27. The molecule has 0 fully saturated rings. The molecule has 2 N–H and O–H groups in total. The van der Waals surface area contributed by atoms with Crippen LogP contribution in [0.25, 0.3) is 0 Å². The molecule has 0 amide bonds. The lowest BCUT2D eigenvalue weighted by atomic mass is 9.98. The maximum Gasteiger partial charge on any atom is 0.146 e. The quantitative estimate of drug-likeness (QED) is 0.874. The molecule has 2 rings (SSSR count). The van der Waals surface area contributed by atoms with Gasteiger partial charge in [0.1, 0.15) is 5.82 Å². The van der Waals surface area contributed by atoms with Crippen LogP contribution in [0, 0.1) is 12.7 Å². The molecule has 19 heavy (non-hydrogen) atoms. The van der Waals surface area contributed by atoms with Gasteiger partial charge in [-0.2, -0.15) is 0 Å². The smallest absolute Gasteiger partial charge is 0.146 e. The Hall–Kier alpha value is -1.09. The minimum absolute atomic E-state index is 0.0861. The Kier molecular flexibility index (Phi) is 4.46. The van der Waals surface area contributed by atoms with Crippen molar-refractivity contribution in [1.29, 1.82) is 0 Å². The Morgan fingerprint density at radius 2 is 1.89 bits per heavy atom. The molecule has 0 aliphatic rings. The molecule has 1 atom stereocenters. The van der Waals surface area contributed by atoms with Crippen LogP contribution in [0.2, 0.25) is 10.0 Å². The molecule has 2 aromatic carbocycles. The SMILES string of the molecule is Cc1ccc(CC(N)c2cccc(Cl)c2F)c(Cl)c1. The molecule has 2 aromatic rings. The molecule has 0 saturated heterocycles. The number of aryl methyl sites for hydroxylation is 1. The van der Waals surface area contributed by atoms with E-state index in [0.29, 0.717) is 17.0 Å². The van der Waals surface area contributed by atoms with Gasteiger partial charge in [0.15, 0.2) is 0 Å². The van der Waals surface area contributed by atoms with Gasteiger partial charge in [0, 0.05) is 16.6 Å². The Bertz CT molecular complexity index is 599. The van der Waals surface area contributed by atoms with E-state index in [1.54, 1.807) is 12.1 Å². The maximum atomic E-state index is 13.9. The van der Waals surface area contributed by atoms with Crippen LogP contribution in [0.15, 0.2) is 36.4 Å². The highest BCUT2D eigenvalue weighted by Gasteiger charge is 2.15. The fraction of sp³-hybridized carbons (Fsp3) is 0.200. The zero-order valence-corrected chi connectivity index (χ0v) is 12.0. The van der Waals surface area contributed by atoms with E-state index in [9.17, 15) is 4.39 Å². The van der Waals surface area contributed by atoms with E-state index in [0.717, 1.165) is 11.1 Å². The van der Waals surface area contributed by atoms with Crippen molar-refractivity contribution in [2.45, 2.75) is 19.4 Å². The zero-order valence-electron chi connectivity index (χ0n) is 10.5. The van der Waals surface area contributed by atoms with Gasteiger partial charge in [-0.25, -0.2) is 4.39 Å². The summed E-state index contributed by atoms with van der Waals surface area (Å²) in [5, 5.41) is 0.737. The van der Waals surface area contributed by atoms with Gasteiger partial charge in [0.05, 0.1) is 5.02 Å². The van der Waals surface area contributed by atoms with Crippen LogP contribution < -0.4 is 5.73 Å². The van der Waals surface area contributed by atoms with Crippen molar-refractivity contribution in [2.24, 2.45) is 5.73 Å². The molecule has 0 bridgehead atoms. The van der Waals surface area contributed by atoms with Crippen molar-refractivity contribution in [3.63, 3.8) is 0 Å². The minimum Gasteiger partial charge on any atom is -0.324 e. The predicted molar refractivity (Wildman–Crippen MR) is 78.2 cm³/mol. The largest absolute Gasteiger partial charge is 0.324 e. The monoisotopic (exact) mass is 297 g/mol. The van der Waals surface area contributed by atoms with Crippen LogP contribution in [-0.2, 0) is 6.42 Å². The molecule has 100 valence electrons. The Balaban J connectivity index is 2.25. The molecule has 0 aliphatic carbocycles. The fourth-order valence-corrected chi connectivity index (χ4v) is 2.47. The van der Waals surface area contributed by atoms with Crippen LogP contribution in [-0.4, -0.2) is 0 Å². The van der Waals surface area contributed by atoms with Crippen LogP contribution in [0.4, 0.5) is 4.39 Å². The van der Waals surface area contributed by atoms with Gasteiger partial charge in [-0.15, -0.1) is 0 Å². The van der Waals surface area contributed by atoms with E-state index in [1.807, 2.05) is 25.1 Å². The molecule has 1 nitrogen and oxygen atoms in total. The molecule has 0 heterocycles. The van der Waals surface area contributed by atoms with Crippen molar-refractivity contribution in [1.82, 2.24) is 0 Å². The Morgan fingerprint density at radius 3 is 2.58 bits per heavy atom. The zero-order chi connectivity index (χ0) is 14.0. The molecule has 0 aromatic heterocycles. The summed E-state index contributed by atoms with van der Waals surface area (Å²) >= 11 is 11.9. The summed E-state index contributed by atoms with van der Waals surface area (Å²) in [6.45, 7) is 1.96. The van der Waals surface area contributed by atoms with E-state index in [-0.39, 0.29) is 5.02 Å². The second-order valence-electron chi connectivity index (χ2n) is 4.55. The van der Waals surface area contributed by atoms with Gasteiger partial charge in [0.25, 0.3) is 0 Å². The first-order valence-electron chi connectivity index (χ1n) is 5.93. The number of nitrogens with two attached hydrogens (primary N) is 1. The van der Waals surface area contributed by atoms with Gasteiger partial charge < -0.3 is 5.73 Å². The van der Waals surface area contributed by atoms with Crippen molar-refractivity contribution in [2.75, 3.05) is 0 Å². The highest BCUT2D eigenvalue weighted by Crippen LogP contribution is 2.27. The average molecular weight is 298 g/mol. The summed E-state index contributed by atoms with van der Waals surface area (Å²) in [6, 6.07) is 10.1. The first-order valence-corrected chi connectivity index (χ1v) is 6.69. The van der Waals surface area contributed by atoms with Crippen LogP contribution in [0.1, 0.15) is 22.7 Å². The van der Waals surface area contributed by atoms with Crippen molar-refractivity contribution in [3.05, 3.63) is 69.0 Å². The normalized spacial score (nSPS) is 12.5. The minimum atomic E-state index is -0.473. The lowest BCUT2D eigenvalue weighted by molar-refractivity contribution is 0.581. The Morgan fingerprint density at radius 1 is 1.16 bits per heavy atom. The summed E-state index contributed by atoms with van der Waals surface area (Å²) in [6.07, 6.45) is 0.469. The number of rotatable bonds is 3. The second kappa shape index (κ2) is 5.91. The summed E-state index contributed by atoms with van der Waals surface area (Å²) in [5.41, 5.74) is 8.43. The van der Waals surface area contributed by atoms with Crippen molar-refractivity contribution in [3.8, 4) is 0 Å². The summed E-state index contributed by atoms with van der Waals surface area (Å²) in [7, 11) is 0. The van der Waals surface area contributed by atoms with Gasteiger partial charge in [-0.05, 0) is 36.6 Å². The molecule has 0 radical (unpaired) electrons. The predicted octanol–water partition coefficient (Wildman–Crippen LogP) is 4.68. The molecular weight excluding hydrogens is 284 g/mol. The van der Waals surface area contributed by atoms with E-state index >= 15 is 0 Å². The Labute approximate surface area is 122 Å². The van der Waals surface area contributed by atoms with Gasteiger partial charge >= 0.3 is 0 Å². The number of benzene rings is 2. The molecule has 0 aliphatic heterocycles. The molecular formula is C15H14Cl2FN. The standard InChI is InChI=1S/C15H14Cl2FN/c1-9-5-6-10(13(17)7-9)8-14(19)11-3-2-4-12(16)15(11)18/h2-7,14H,8,19H2,1H3. The first kappa shape index (κ1) is 14.3. The van der Waals surface area contributed by atoms with E-state index in [1.165, 1.54) is 6.07 Å². The molecule has 0 spiro atoms. The van der Waals surface area contributed by atoms with Gasteiger partial charge in [0.2, 0.25) is 0 Å². The maximum absolute atomic E-state index is 13.9. The van der Waals surface area contributed by atoms with E-state index < -0.39 is 11.9 Å². The van der Waals surface area contributed by atoms with Crippen molar-refractivity contribution >= 4 is 23.2 Å².